The Balaban J connectivity index is 1.87. The van der Waals surface area contributed by atoms with Crippen LogP contribution in [0.5, 0.6) is 0 Å². The van der Waals surface area contributed by atoms with E-state index in [0.29, 0.717) is 44.9 Å². The number of hydrogen-bond donors (Lipinski definition) is 5. The number of allylic oxidation sites excluding steroid dienone is 18. The smallest absolute Gasteiger partial charge is 0.462 e. The van der Waals surface area contributed by atoms with Crippen molar-refractivity contribution in [3.8, 4) is 0 Å². The van der Waals surface area contributed by atoms with E-state index in [2.05, 4.69) is 59.6 Å². The molecule has 21 heteroatoms. The number of phosphoric ester groups is 2. The topological polar surface area (TPSA) is 283 Å². The molecule has 6 N–H and O–H groups in total. The third kappa shape index (κ3) is 33.0. The monoisotopic (exact) mass is 1090 g/mol. The summed E-state index contributed by atoms with van der Waals surface area (Å²) < 4.78 is 56.6. The Labute approximate surface area is 442 Å². The molecule has 2 unspecified atom stereocenters. The van der Waals surface area contributed by atoms with E-state index >= 15 is 0 Å². The van der Waals surface area contributed by atoms with E-state index in [1.54, 1.807) is 12.2 Å². The SMILES string of the molecule is CCCCC/C=C\C/C=C\C/C=C\C/C=C\C/C=C\CCC(=O)OC[C@H](COP(=O)(O)OP(=O)(O)OC[C@H]1O[C@@H](n2ccc(N)nc2=O)[C@H](O)[C@@H]1O)OC(=O)CCC/C=C\C/C=C\C/C=C\C=C\C(=O)CCCCC. The number of aliphatic hydroxyl groups excluding tert-OH is 2. The first-order chi connectivity index (χ1) is 36.1. The van der Waals surface area contributed by atoms with Gasteiger partial charge in [0.1, 0.15) is 30.7 Å². The van der Waals surface area contributed by atoms with Crippen molar-refractivity contribution in [2.24, 2.45) is 0 Å². The van der Waals surface area contributed by atoms with E-state index in [0.717, 1.165) is 55.7 Å². The largest absolute Gasteiger partial charge is 0.481 e. The average Bonchev–Trinajstić information content (AvgIpc) is 3.64. The zero-order valence-corrected chi connectivity index (χ0v) is 45.3. The summed E-state index contributed by atoms with van der Waals surface area (Å²) in [7, 11) is -10.9. The lowest BCUT2D eigenvalue weighted by Gasteiger charge is -2.21. The number of ketones is 1. The van der Waals surface area contributed by atoms with Crippen LogP contribution >= 0.6 is 15.6 Å². The summed E-state index contributed by atoms with van der Waals surface area (Å²) in [4.78, 5) is 73.7. The molecule has 1 aliphatic heterocycles. The molecule has 0 saturated carbocycles. The number of aromatic nitrogens is 2. The van der Waals surface area contributed by atoms with E-state index in [-0.39, 0.29) is 24.4 Å². The van der Waals surface area contributed by atoms with Crippen LogP contribution in [0.2, 0.25) is 0 Å². The first-order valence-electron chi connectivity index (χ1n) is 25.9. The fourth-order valence-electron chi connectivity index (χ4n) is 6.77. The van der Waals surface area contributed by atoms with Crippen LogP contribution in [-0.2, 0) is 51.1 Å². The van der Waals surface area contributed by atoms with Crippen molar-refractivity contribution in [3.63, 3.8) is 0 Å². The summed E-state index contributed by atoms with van der Waals surface area (Å²) in [6.45, 7) is 1.82. The Morgan fingerprint density at radius 3 is 1.83 bits per heavy atom. The van der Waals surface area contributed by atoms with Gasteiger partial charge in [0.15, 0.2) is 18.1 Å². The molecule has 0 radical (unpaired) electrons. The molecule has 0 amide bonds. The molecule has 418 valence electrons. The highest BCUT2D eigenvalue weighted by molar-refractivity contribution is 7.61. The first kappa shape index (κ1) is 66.2. The molecule has 19 nitrogen and oxygen atoms in total. The maximum atomic E-state index is 12.9. The Morgan fingerprint density at radius 1 is 0.680 bits per heavy atom. The molecule has 0 aliphatic carbocycles. The van der Waals surface area contributed by atoms with Crippen molar-refractivity contribution >= 4 is 39.2 Å². The molecule has 1 saturated heterocycles. The number of nitrogens with zero attached hydrogens (tertiary/aromatic N) is 2. The van der Waals surface area contributed by atoms with Crippen molar-refractivity contribution in [1.82, 2.24) is 9.55 Å². The van der Waals surface area contributed by atoms with E-state index in [9.17, 15) is 48.3 Å². The van der Waals surface area contributed by atoms with Crippen LogP contribution in [0, 0.1) is 0 Å². The van der Waals surface area contributed by atoms with Gasteiger partial charge in [0.2, 0.25) is 0 Å². The van der Waals surface area contributed by atoms with Gasteiger partial charge in [-0.1, -0.05) is 143 Å². The molecule has 0 spiro atoms. The number of ether oxygens (including phenoxy) is 3. The summed E-state index contributed by atoms with van der Waals surface area (Å²) in [5, 5.41) is 20.9. The van der Waals surface area contributed by atoms with Gasteiger partial charge >= 0.3 is 33.3 Å². The fraction of sp³-hybridized carbons (Fsp3) is 0.537. The van der Waals surface area contributed by atoms with Gasteiger partial charge in [-0.3, -0.25) is 28.0 Å². The average molecular weight is 1090 g/mol. The molecule has 75 heavy (non-hydrogen) atoms. The number of hydrogen-bond acceptors (Lipinski definition) is 16. The number of carbonyl (C=O) groups excluding carboxylic acids is 3. The van der Waals surface area contributed by atoms with E-state index in [1.165, 1.54) is 25.3 Å². The molecule has 0 aromatic carbocycles. The molecular weight excluding hydrogens is 1010 g/mol. The van der Waals surface area contributed by atoms with Gasteiger partial charge < -0.3 is 39.9 Å². The Hall–Kier alpha value is -4.91. The minimum absolute atomic E-state index is 0.0267. The highest BCUT2D eigenvalue weighted by Gasteiger charge is 2.46. The minimum Gasteiger partial charge on any atom is -0.462 e. The fourth-order valence-corrected chi connectivity index (χ4v) is 8.88. The Bertz CT molecular complexity index is 2250. The summed E-state index contributed by atoms with van der Waals surface area (Å²) >= 11 is 0. The lowest BCUT2D eigenvalue weighted by atomic mass is 10.1. The van der Waals surface area contributed by atoms with Crippen molar-refractivity contribution in [1.29, 1.82) is 0 Å². The van der Waals surface area contributed by atoms with Crippen molar-refractivity contribution in [2.45, 2.75) is 166 Å². The number of rotatable bonds is 41. The zero-order valence-electron chi connectivity index (χ0n) is 43.5. The lowest BCUT2D eigenvalue weighted by Crippen LogP contribution is -2.36. The number of nitrogens with two attached hydrogens (primary N) is 1. The number of carbonyl (C=O) groups is 3. The highest BCUT2D eigenvalue weighted by atomic mass is 31.3. The third-order valence-electron chi connectivity index (χ3n) is 10.8. The van der Waals surface area contributed by atoms with E-state index in [1.807, 2.05) is 60.8 Å². The predicted octanol–water partition coefficient (Wildman–Crippen LogP) is 10.2. The van der Waals surface area contributed by atoms with Crippen LogP contribution in [0.3, 0.4) is 0 Å². The molecule has 1 aromatic heterocycles. The summed E-state index contributed by atoms with van der Waals surface area (Å²) in [6.07, 6.45) is 43.2. The predicted molar refractivity (Wildman–Crippen MR) is 289 cm³/mol. The summed E-state index contributed by atoms with van der Waals surface area (Å²) in [5.41, 5.74) is 4.57. The van der Waals surface area contributed by atoms with Gasteiger partial charge in [-0.05, 0) is 89.2 Å². The van der Waals surface area contributed by atoms with Gasteiger partial charge in [0.05, 0.1) is 13.2 Å². The first-order valence-corrected chi connectivity index (χ1v) is 28.8. The normalized spacial score (nSPS) is 19.6. The number of aliphatic hydroxyl groups is 2. The summed E-state index contributed by atoms with van der Waals surface area (Å²) in [6, 6.07) is 1.23. The zero-order chi connectivity index (χ0) is 55.0. The molecule has 2 heterocycles. The number of anilines is 1. The van der Waals surface area contributed by atoms with Gasteiger partial charge in [-0.2, -0.15) is 9.29 Å². The lowest BCUT2D eigenvalue weighted by molar-refractivity contribution is -0.161. The second-order valence-electron chi connectivity index (χ2n) is 17.3. The van der Waals surface area contributed by atoms with Gasteiger partial charge in [-0.15, -0.1) is 0 Å². The number of nitrogen functional groups attached to an aromatic ring is 1. The second kappa shape index (κ2) is 40.4. The summed E-state index contributed by atoms with van der Waals surface area (Å²) in [5.74, 6) is -1.40. The molecule has 1 aromatic rings. The van der Waals surface area contributed by atoms with Crippen LogP contribution in [0.1, 0.15) is 142 Å². The molecule has 2 rings (SSSR count). The molecule has 1 aliphatic rings. The number of esters is 2. The quantitative estimate of drug-likeness (QED) is 0.0102. The molecule has 7 atom stereocenters. The Kier molecular flexibility index (Phi) is 35.6. The van der Waals surface area contributed by atoms with Crippen molar-refractivity contribution in [2.75, 3.05) is 25.6 Å². The minimum atomic E-state index is -5.47. The Morgan fingerprint density at radius 2 is 1.23 bits per heavy atom. The van der Waals surface area contributed by atoms with Crippen molar-refractivity contribution in [3.05, 3.63) is 132 Å². The maximum absolute atomic E-state index is 12.9. The number of unbranched alkanes of at least 4 members (excludes halogenated alkanes) is 6. The molecule has 1 fully saturated rings. The van der Waals surface area contributed by atoms with Crippen molar-refractivity contribution < 1.29 is 71.1 Å². The van der Waals surface area contributed by atoms with Crippen LogP contribution in [0.25, 0.3) is 0 Å². The van der Waals surface area contributed by atoms with Crippen LogP contribution in [0.15, 0.2) is 126 Å². The van der Waals surface area contributed by atoms with Gasteiger partial charge in [-0.25, -0.2) is 13.9 Å². The standard InChI is InChI=1S/C54H81N3O16P2/c1-3-5-7-8-9-10-11-12-13-14-15-16-17-18-21-24-27-30-34-38-49(59)68-42-46(71-50(60)39-35-31-28-25-22-19-20-23-26-29-33-37-45(58)36-32-6-4-2)43-69-74(64,65)73-75(66,67)70-44-47-51(61)52(62)53(72-47)57-41-40-48(55)56-54(57)63/h9-10,12-13,15-16,18-21,25-30,33,37,40-41,46-47,51-53,61-62H,3-8,11,14,17,22-24,31-32,34-36,38-39,42-44H2,1-2H3,(H,64,65)(H,66,67)(H2,55,56,63)/b10-9-,13-12-,16-15-,20-19-,21-18-,28-25-,29-26-,30-27-,37-33+/t46-,47-,51-,52-,53-/m1/s1. The number of phosphoric acid groups is 2. The van der Waals surface area contributed by atoms with Crippen LogP contribution < -0.4 is 11.4 Å². The maximum Gasteiger partial charge on any atom is 0.481 e. The third-order valence-corrected chi connectivity index (χ3v) is 13.4. The van der Waals surface area contributed by atoms with Crippen LogP contribution in [-0.4, -0.2) is 91.5 Å². The molecular formula is C54H81N3O16P2. The van der Waals surface area contributed by atoms with E-state index < -0.39 is 83.7 Å². The van der Waals surface area contributed by atoms with Crippen LogP contribution in [0.4, 0.5) is 5.82 Å². The second-order valence-corrected chi connectivity index (χ2v) is 20.4. The van der Waals surface area contributed by atoms with E-state index in [4.69, 9.17) is 29.0 Å². The molecule has 0 bridgehead atoms. The highest BCUT2D eigenvalue weighted by Crippen LogP contribution is 2.60. The van der Waals surface area contributed by atoms with Gasteiger partial charge in [0, 0.05) is 25.5 Å². The van der Waals surface area contributed by atoms with Gasteiger partial charge in [0.25, 0.3) is 0 Å².